The van der Waals surface area contributed by atoms with Crippen molar-refractivity contribution in [1.82, 2.24) is 9.97 Å². The molecular formula is C11H8Cl2N2O. The van der Waals surface area contributed by atoms with E-state index in [0.717, 1.165) is 5.56 Å². The normalized spacial score (nSPS) is 10.2. The number of para-hydroxylation sites is 1. The second-order valence-corrected chi connectivity index (χ2v) is 3.90. The first-order chi connectivity index (χ1) is 7.66. The molecule has 0 N–H and O–H groups in total. The number of hydrogen-bond donors (Lipinski definition) is 0. The average molecular weight is 255 g/mol. The van der Waals surface area contributed by atoms with E-state index in [4.69, 9.17) is 27.9 Å². The fourth-order valence-electron chi connectivity index (χ4n) is 1.14. The van der Waals surface area contributed by atoms with Crippen molar-refractivity contribution in [2.75, 3.05) is 0 Å². The number of benzene rings is 1. The van der Waals surface area contributed by atoms with E-state index in [1.807, 2.05) is 19.1 Å². The van der Waals surface area contributed by atoms with Crippen molar-refractivity contribution in [2.24, 2.45) is 0 Å². The maximum Gasteiger partial charge on any atom is 0.226 e. The zero-order chi connectivity index (χ0) is 11.5. The predicted molar refractivity (Wildman–Crippen MR) is 63.3 cm³/mol. The summed E-state index contributed by atoms with van der Waals surface area (Å²) in [6.45, 7) is 1.84. The summed E-state index contributed by atoms with van der Waals surface area (Å²) in [6, 6.07) is 7.17. The van der Waals surface area contributed by atoms with Gasteiger partial charge >= 0.3 is 0 Å². The van der Waals surface area contributed by atoms with E-state index >= 15 is 0 Å². The highest BCUT2D eigenvalue weighted by molar-refractivity contribution is 6.32. The Morgan fingerprint density at radius 2 is 1.94 bits per heavy atom. The van der Waals surface area contributed by atoms with Crippen molar-refractivity contribution in [3.63, 3.8) is 0 Å². The number of hydrogen-bond acceptors (Lipinski definition) is 3. The van der Waals surface area contributed by atoms with Gasteiger partial charge in [0, 0.05) is 11.8 Å². The first-order valence-corrected chi connectivity index (χ1v) is 5.34. The van der Waals surface area contributed by atoms with Crippen molar-refractivity contribution < 1.29 is 4.74 Å². The van der Waals surface area contributed by atoms with Gasteiger partial charge in [-0.3, -0.25) is 0 Å². The van der Waals surface area contributed by atoms with E-state index in [9.17, 15) is 0 Å². The van der Waals surface area contributed by atoms with Gasteiger partial charge in [-0.2, -0.15) is 4.98 Å². The van der Waals surface area contributed by atoms with Gasteiger partial charge in [-0.05, 0) is 30.7 Å². The van der Waals surface area contributed by atoms with Crippen molar-refractivity contribution in [1.29, 1.82) is 0 Å². The molecule has 0 spiro atoms. The van der Waals surface area contributed by atoms with E-state index in [1.165, 1.54) is 0 Å². The van der Waals surface area contributed by atoms with Gasteiger partial charge in [-0.1, -0.05) is 23.7 Å². The second kappa shape index (κ2) is 4.68. The van der Waals surface area contributed by atoms with Crippen LogP contribution in [0.3, 0.4) is 0 Å². The Kier molecular flexibility index (Phi) is 3.27. The van der Waals surface area contributed by atoms with Crippen LogP contribution in [-0.2, 0) is 0 Å². The molecule has 0 aliphatic carbocycles. The molecule has 0 aliphatic rings. The molecule has 82 valence electrons. The maximum absolute atomic E-state index is 5.96. The molecule has 2 rings (SSSR count). The first kappa shape index (κ1) is 11.2. The third-order valence-corrected chi connectivity index (χ3v) is 2.43. The monoisotopic (exact) mass is 254 g/mol. The minimum atomic E-state index is 0.146. The van der Waals surface area contributed by atoms with Gasteiger partial charge < -0.3 is 4.74 Å². The van der Waals surface area contributed by atoms with Crippen LogP contribution in [0, 0.1) is 6.92 Å². The Labute approximate surface area is 103 Å². The molecular weight excluding hydrogens is 247 g/mol. The molecule has 0 aliphatic heterocycles. The highest BCUT2D eigenvalue weighted by Gasteiger charge is 2.07. The summed E-state index contributed by atoms with van der Waals surface area (Å²) in [4.78, 5) is 7.83. The zero-order valence-electron chi connectivity index (χ0n) is 8.45. The number of halogens is 2. The fraction of sp³-hybridized carbons (Fsp3) is 0.0909. The highest BCUT2D eigenvalue weighted by Crippen LogP contribution is 2.29. The van der Waals surface area contributed by atoms with E-state index in [1.54, 1.807) is 18.3 Å². The lowest BCUT2D eigenvalue weighted by atomic mass is 10.3. The van der Waals surface area contributed by atoms with Crippen LogP contribution in [0.2, 0.25) is 10.3 Å². The Morgan fingerprint density at radius 3 is 2.69 bits per heavy atom. The van der Waals surface area contributed by atoms with Crippen LogP contribution in [0.5, 0.6) is 11.6 Å². The van der Waals surface area contributed by atoms with Gasteiger partial charge in [0.15, 0.2) is 0 Å². The lowest BCUT2D eigenvalue weighted by Gasteiger charge is -2.08. The molecule has 0 atom stereocenters. The Bertz CT molecular complexity index is 517. The molecule has 0 radical (unpaired) electrons. The topological polar surface area (TPSA) is 35.0 Å². The number of rotatable bonds is 2. The standard InChI is InChI=1S/C11H8Cl2N2O/c1-7-6-14-11(13)15-10(7)16-9-5-3-2-4-8(9)12/h2-6H,1H3. The maximum atomic E-state index is 5.96. The molecule has 1 aromatic heterocycles. The van der Waals surface area contributed by atoms with E-state index in [2.05, 4.69) is 9.97 Å². The third kappa shape index (κ3) is 2.43. The summed E-state index contributed by atoms with van der Waals surface area (Å²) in [5.41, 5.74) is 0.796. The minimum Gasteiger partial charge on any atom is -0.437 e. The highest BCUT2D eigenvalue weighted by atomic mass is 35.5. The quantitative estimate of drug-likeness (QED) is 0.763. The Hall–Kier alpha value is -1.32. The zero-order valence-corrected chi connectivity index (χ0v) is 9.96. The van der Waals surface area contributed by atoms with Gasteiger partial charge in [0.1, 0.15) is 5.75 Å². The van der Waals surface area contributed by atoms with Gasteiger partial charge in [0.25, 0.3) is 0 Å². The number of ether oxygens (including phenoxy) is 1. The van der Waals surface area contributed by atoms with E-state index in [-0.39, 0.29) is 5.28 Å². The number of aromatic nitrogens is 2. The molecule has 0 bridgehead atoms. The van der Waals surface area contributed by atoms with Crippen molar-refractivity contribution >= 4 is 23.2 Å². The largest absolute Gasteiger partial charge is 0.437 e. The second-order valence-electron chi connectivity index (χ2n) is 3.16. The van der Waals surface area contributed by atoms with Crippen LogP contribution in [0.25, 0.3) is 0 Å². The fourth-order valence-corrected chi connectivity index (χ4v) is 1.44. The lowest BCUT2D eigenvalue weighted by molar-refractivity contribution is 0.457. The Morgan fingerprint density at radius 1 is 1.19 bits per heavy atom. The molecule has 0 fully saturated rings. The minimum absolute atomic E-state index is 0.146. The summed E-state index contributed by atoms with van der Waals surface area (Å²) >= 11 is 11.7. The van der Waals surface area contributed by atoms with Crippen molar-refractivity contribution in [3.05, 3.63) is 46.3 Å². The molecule has 0 unspecified atom stereocenters. The molecule has 3 nitrogen and oxygen atoms in total. The van der Waals surface area contributed by atoms with Gasteiger partial charge in [-0.15, -0.1) is 0 Å². The molecule has 16 heavy (non-hydrogen) atoms. The van der Waals surface area contributed by atoms with Crippen molar-refractivity contribution in [3.8, 4) is 11.6 Å². The molecule has 5 heteroatoms. The van der Waals surface area contributed by atoms with Gasteiger partial charge in [-0.25, -0.2) is 4.98 Å². The summed E-state index contributed by atoms with van der Waals surface area (Å²) in [5, 5.41) is 0.671. The molecule has 1 heterocycles. The summed E-state index contributed by atoms with van der Waals surface area (Å²) in [5.74, 6) is 0.954. The number of aryl methyl sites for hydroxylation is 1. The SMILES string of the molecule is Cc1cnc(Cl)nc1Oc1ccccc1Cl. The smallest absolute Gasteiger partial charge is 0.226 e. The van der Waals surface area contributed by atoms with Crippen LogP contribution in [-0.4, -0.2) is 9.97 Å². The summed E-state index contributed by atoms with van der Waals surface area (Å²) in [7, 11) is 0. The average Bonchev–Trinajstić information content (AvgIpc) is 2.27. The molecule has 0 amide bonds. The summed E-state index contributed by atoms with van der Waals surface area (Å²) in [6.07, 6.45) is 1.60. The Balaban J connectivity index is 2.34. The van der Waals surface area contributed by atoms with E-state index in [0.29, 0.717) is 16.7 Å². The van der Waals surface area contributed by atoms with Crippen LogP contribution >= 0.6 is 23.2 Å². The van der Waals surface area contributed by atoms with Crippen LogP contribution in [0.15, 0.2) is 30.5 Å². The lowest BCUT2D eigenvalue weighted by Crippen LogP contribution is -1.93. The summed E-state index contributed by atoms with van der Waals surface area (Å²) < 4.78 is 5.55. The van der Waals surface area contributed by atoms with Gasteiger partial charge in [0.2, 0.25) is 11.2 Å². The molecule has 2 aromatic rings. The molecule has 0 saturated carbocycles. The molecule has 1 aromatic carbocycles. The van der Waals surface area contributed by atoms with E-state index < -0.39 is 0 Å². The van der Waals surface area contributed by atoms with Crippen LogP contribution in [0.1, 0.15) is 5.56 Å². The number of nitrogens with zero attached hydrogens (tertiary/aromatic N) is 2. The van der Waals surface area contributed by atoms with Crippen molar-refractivity contribution in [2.45, 2.75) is 6.92 Å². The van der Waals surface area contributed by atoms with Crippen LogP contribution in [0.4, 0.5) is 0 Å². The first-order valence-electron chi connectivity index (χ1n) is 4.58. The predicted octanol–water partition coefficient (Wildman–Crippen LogP) is 3.88. The van der Waals surface area contributed by atoms with Gasteiger partial charge in [0.05, 0.1) is 5.02 Å². The molecule has 0 saturated heterocycles. The van der Waals surface area contributed by atoms with Crippen LogP contribution < -0.4 is 4.74 Å². The third-order valence-electron chi connectivity index (χ3n) is 1.94.